The highest BCUT2D eigenvalue weighted by molar-refractivity contribution is 6.17. The Hall–Kier alpha value is -0.800. The molecule has 0 aromatic heterocycles. The van der Waals surface area contributed by atoms with E-state index in [0.29, 0.717) is 5.92 Å². The molecule has 0 aliphatic carbocycles. The number of fused-ring (bicyclic) bond motifs is 1. The zero-order chi connectivity index (χ0) is 14.4. The third kappa shape index (κ3) is 4.35. The predicted molar refractivity (Wildman–Crippen MR) is 81.1 cm³/mol. The first-order chi connectivity index (χ1) is 9.72. The Bertz CT molecular complexity index is 421. The monoisotopic (exact) mass is 299 g/mol. The van der Waals surface area contributed by atoms with Gasteiger partial charge in [0.25, 0.3) is 0 Å². The third-order valence-electron chi connectivity index (χ3n) is 3.78. The lowest BCUT2D eigenvalue weighted by atomic mass is 10.0. The number of hydrogen-bond acceptors (Lipinski definition) is 2. The Labute approximate surface area is 125 Å². The lowest BCUT2D eigenvalue weighted by Gasteiger charge is -2.17. The van der Waals surface area contributed by atoms with Gasteiger partial charge in [0.15, 0.2) is 0 Å². The Morgan fingerprint density at radius 2 is 2.30 bits per heavy atom. The molecule has 20 heavy (non-hydrogen) atoms. The highest BCUT2D eigenvalue weighted by Crippen LogP contribution is 2.28. The second-order valence-corrected chi connectivity index (χ2v) is 5.86. The SMILES string of the molecule is CCCC(CCCl)CNCC1Cc2cc(F)ccc2O1. The summed E-state index contributed by atoms with van der Waals surface area (Å²) in [4.78, 5) is 0. The van der Waals surface area contributed by atoms with Crippen molar-refractivity contribution in [1.82, 2.24) is 5.32 Å². The number of benzene rings is 1. The number of halogens is 2. The van der Waals surface area contributed by atoms with Gasteiger partial charge < -0.3 is 10.1 Å². The molecule has 1 aliphatic rings. The third-order valence-corrected chi connectivity index (χ3v) is 4.00. The van der Waals surface area contributed by atoms with Crippen molar-refractivity contribution in [3.05, 3.63) is 29.6 Å². The molecule has 1 heterocycles. The summed E-state index contributed by atoms with van der Waals surface area (Å²) in [6.45, 7) is 3.98. The van der Waals surface area contributed by atoms with Crippen molar-refractivity contribution in [1.29, 1.82) is 0 Å². The Morgan fingerprint density at radius 3 is 3.05 bits per heavy atom. The second-order valence-electron chi connectivity index (χ2n) is 5.49. The molecule has 1 aromatic carbocycles. The first-order valence-corrected chi connectivity index (χ1v) is 7.98. The standard InChI is InChI=1S/C16H23ClFNO/c1-2-3-12(6-7-17)10-19-11-15-9-13-8-14(18)4-5-16(13)20-15/h4-5,8,12,15,19H,2-3,6-7,9-11H2,1H3. The van der Waals surface area contributed by atoms with Crippen molar-refractivity contribution < 1.29 is 9.13 Å². The molecule has 2 rings (SSSR count). The van der Waals surface area contributed by atoms with Crippen LogP contribution < -0.4 is 10.1 Å². The average molecular weight is 300 g/mol. The maximum absolute atomic E-state index is 13.1. The molecule has 2 nitrogen and oxygen atoms in total. The number of rotatable bonds is 8. The molecule has 1 aliphatic heterocycles. The van der Waals surface area contributed by atoms with Gasteiger partial charge in [0.2, 0.25) is 0 Å². The van der Waals surface area contributed by atoms with Gasteiger partial charge in [0.05, 0.1) is 0 Å². The summed E-state index contributed by atoms with van der Waals surface area (Å²) in [5.74, 6) is 1.99. The Kier molecular flexibility index (Phi) is 6.11. The van der Waals surface area contributed by atoms with Gasteiger partial charge in [-0.3, -0.25) is 0 Å². The summed E-state index contributed by atoms with van der Waals surface area (Å²) >= 11 is 5.83. The van der Waals surface area contributed by atoms with E-state index in [1.165, 1.54) is 18.9 Å². The van der Waals surface area contributed by atoms with Crippen LogP contribution in [-0.2, 0) is 6.42 Å². The van der Waals surface area contributed by atoms with E-state index >= 15 is 0 Å². The minimum atomic E-state index is -0.189. The predicted octanol–water partition coefficient (Wildman–Crippen LogP) is 3.76. The van der Waals surface area contributed by atoms with Crippen LogP contribution in [0, 0.1) is 11.7 Å². The molecule has 0 fully saturated rings. The van der Waals surface area contributed by atoms with Gasteiger partial charge in [-0.15, -0.1) is 11.6 Å². The molecule has 0 bridgehead atoms. The van der Waals surface area contributed by atoms with Crippen molar-refractivity contribution in [3.63, 3.8) is 0 Å². The molecule has 0 saturated carbocycles. The van der Waals surface area contributed by atoms with Crippen LogP contribution in [0.1, 0.15) is 31.7 Å². The molecule has 0 amide bonds. The Morgan fingerprint density at radius 1 is 1.45 bits per heavy atom. The van der Waals surface area contributed by atoms with E-state index in [9.17, 15) is 4.39 Å². The maximum atomic E-state index is 13.1. The van der Waals surface area contributed by atoms with Crippen molar-refractivity contribution in [2.45, 2.75) is 38.7 Å². The first kappa shape index (κ1) is 15.6. The molecule has 2 unspecified atom stereocenters. The lowest BCUT2D eigenvalue weighted by molar-refractivity contribution is 0.223. The van der Waals surface area contributed by atoms with E-state index in [1.54, 1.807) is 12.1 Å². The topological polar surface area (TPSA) is 21.3 Å². The molecule has 1 aromatic rings. The van der Waals surface area contributed by atoms with Crippen LogP contribution >= 0.6 is 11.6 Å². The van der Waals surface area contributed by atoms with E-state index in [-0.39, 0.29) is 11.9 Å². The fourth-order valence-electron chi connectivity index (χ4n) is 2.76. The molecule has 0 spiro atoms. The van der Waals surface area contributed by atoms with Crippen LogP contribution in [0.5, 0.6) is 5.75 Å². The summed E-state index contributed by atoms with van der Waals surface area (Å²) in [7, 11) is 0. The van der Waals surface area contributed by atoms with Crippen LogP contribution in [0.4, 0.5) is 4.39 Å². The molecule has 4 heteroatoms. The van der Waals surface area contributed by atoms with Gasteiger partial charge in [-0.1, -0.05) is 13.3 Å². The van der Waals surface area contributed by atoms with Gasteiger partial charge in [0, 0.05) is 24.4 Å². The van der Waals surface area contributed by atoms with Gasteiger partial charge in [-0.05, 0) is 43.5 Å². The number of ether oxygens (including phenoxy) is 1. The molecular formula is C16H23ClFNO. The smallest absolute Gasteiger partial charge is 0.123 e. The number of alkyl halides is 1. The number of hydrogen-bond donors (Lipinski definition) is 1. The minimum absolute atomic E-state index is 0.116. The van der Waals surface area contributed by atoms with Gasteiger partial charge in [-0.25, -0.2) is 4.39 Å². The minimum Gasteiger partial charge on any atom is -0.488 e. The highest BCUT2D eigenvalue weighted by atomic mass is 35.5. The molecular weight excluding hydrogens is 277 g/mol. The van der Waals surface area contributed by atoms with Crippen LogP contribution in [0.3, 0.4) is 0 Å². The zero-order valence-corrected chi connectivity index (χ0v) is 12.8. The maximum Gasteiger partial charge on any atom is 0.123 e. The van der Waals surface area contributed by atoms with Crippen molar-refractivity contribution in [3.8, 4) is 5.75 Å². The van der Waals surface area contributed by atoms with Crippen LogP contribution in [-0.4, -0.2) is 25.1 Å². The van der Waals surface area contributed by atoms with Gasteiger partial charge >= 0.3 is 0 Å². The fraction of sp³-hybridized carbons (Fsp3) is 0.625. The average Bonchev–Trinajstić information content (AvgIpc) is 2.81. The van der Waals surface area contributed by atoms with E-state index in [0.717, 1.165) is 43.1 Å². The normalized spacial score (nSPS) is 18.6. The molecule has 0 saturated heterocycles. The largest absolute Gasteiger partial charge is 0.488 e. The fourth-order valence-corrected chi connectivity index (χ4v) is 3.07. The van der Waals surface area contributed by atoms with Gasteiger partial charge in [0.1, 0.15) is 17.7 Å². The molecule has 2 atom stereocenters. The zero-order valence-electron chi connectivity index (χ0n) is 12.0. The van der Waals surface area contributed by atoms with E-state index in [1.807, 2.05) is 0 Å². The quantitative estimate of drug-likeness (QED) is 0.738. The summed E-state index contributed by atoms with van der Waals surface area (Å²) in [6.07, 6.45) is 4.35. The summed E-state index contributed by atoms with van der Waals surface area (Å²) in [5, 5.41) is 3.47. The second kappa shape index (κ2) is 7.84. The molecule has 1 N–H and O–H groups in total. The lowest BCUT2D eigenvalue weighted by Crippen LogP contribution is -2.33. The summed E-state index contributed by atoms with van der Waals surface area (Å²) < 4.78 is 18.9. The first-order valence-electron chi connectivity index (χ1n) is 7.44. The van der Waals surface area contributed by atoms with Crippen LogP contribution in [0.2, 0.25) is 0 Å². The number of nitrogens with one attached hydrogen (secondary N) is 1. The molecule has 112 valence electrons. The van der Waals surface area contributed by atoms with Crippen molar-refractivity contribution in [2.24, 2.45) is 5.92 Å². The van der Waals surface area contributed by atoms with Crippen molar-refractivity contribution >= 4 is 11.6 Å². The van der Waals surface area contributed by atoms with Gasteiger partial charge in [-0.2, -0.15) is 0 Å². The Balaban J connectivity index is 1.74. The van der Waals surface area contributed by atoms with E-state index in [2.05, 4.69) is 12.2 Å². The summed E-state index contributed by atoms with van der Waals surface area (Å²) in [6, 6.07) is 4.74. The summed E-state index contributed by atoms with van der Waals surface area (Å²) in [5.41, 5.74) is 0.975. The highest BCUT2D eigenvalue weighted by Gasteiger charge is 2.23. The van der Waals surface area contributed by atoms with Crippen molar-refractivity contribution in [2.75, 3.05) is 19.0 Å². The molecule has 0 radical (unpaired) electrons. The van der Waals surface area contributed by atoms with E-state index in [4.69, 9.17) is 16.3 Å². The van der Waals surface area contributed by atoms with E-state index < -0.39 is 0 Å². The van der Waals surface area contributed by atoms with Crippen LogP contribution in [0.25, 0.3) is 0 Å². The van der Waals surface area contributed by atoms with Crippen LogP contribution in [0.15, 0.2) is 18.2 Å².